The highest BCUT2D eigenvalue weighted by molar-refractivity contribution is 5.69. The lowest BCUT2D eigenvalue weighted by atomic mass is 9.99. The Morgan fingerprint density at radius 3 is 2.58 bits per heavy atom. The largest absolute Gasteiger partial charge is 0.445 e. The number of amides is 1. The molecule has 5 heteroatoms. The molecule has 1 aliphatic rings. The molecule has 19 heavy (non-hydrogen) atoms. The lowest BCUT2D eigenvalue weighted by Crippen LogP contribution is -2.52. The van der Waals surface area contributed by atoms with Crippen molar-refractivity contribution in [2.45, 2.75) is 25.0 Å². The Labute approximate surface area is 112 Å². The lowest BCUT2D eigenvalue weighted by Gasteiger charge is -2.34. The maximum Gasteiger partial charge on any atom is 0.410 e. The molecule has 1 amide bonds. The van der Waals surface area contributed by atoms with Crippen molar-refractivity contribution in [2.24, 2.45) is 0 Å². The summed E-state index contributed by atoms with van der Waals surface area (Å²) in [6.45, 7) is 0.214. The first-order valence-corrected chi connectivity index (χ1v) is 6.42. The van der Waals surface area contributed by atoms with E-state index < -0.39 is 11.6 Å². The van der Waals surface area contributed by atoms with Crippen LogP contribution in [0, 0.1) is 0 Å². The van der Waals surface area contributed by atoms with Crippen molar-refractivity contribution in [3.05, 3.63) is 35.9 Å². The van der Waals surface area contributed by atoms with E-state index in [0.717, 1.165) is 12.0 Å². The van der Waals surface area contributed by atoms with Gasteiger partial charge in [-0.1, -0.05) is 30.3 Å². The molecular formula is C14H19NO4. The number of benzene rings is 1. The van der Waals surface area contributed by atoms with E-state index >= 15 is 0 Å². The van der Waals surface area contributed by atoms with Crippen LogP contribution >= 0.6 is 0 Å². The molecule has 1 aromatic rings. The highest BCUT2D eigenvalue weighted by Crippen LogP contribution is 2.29. The van der Waals surface area contributed by atoms with Crippen LogP contribution in [0.25, 0.3) is 0 Å². The Hall–Kier alpha value is -1.59. The zero-order chi connectivity index (χ0) is 13.7. The summed E-state index contributed by atoms with van der Waals surface area (Å²) in [5.74, 6) is 0. The number of aliphatic hydroxyl groups excluding tert-OH is 2. The van der Waals surface area contributed by atoms with Crippen LogP contribution in [0.4, 0.5) is 4.79 Å². The van der Waals surface area contributed by atoms with E-state index in [0.29, 0.717) is 13.0 Å². The topological polar surface area (TPSA) is 70.0 Å². The van der Waals surface area contributed by atoms with Gasteiger partial charge in [-0.15, -0.1) is 0 Å². The molecule has 2 N–H and O–H groups in total. The number of carbonyl (C=O) groups excluding carboxylic acids is 1. The number of hydrogen-bond acceptors (Lipinski definition) is 4. The number of hydrogen-bond donors (Lipinski definition) is 2. The Kier molecular flexibility index (Phi) is 4.39. The molecule has 0 saturated carbocycles. The molecular weight excluding hydrogens is 246 g/mol. The average molecular weight is 265 g/mol. The number of aliphatic hydroxyl groups is 2. The molecule has 1 aromatic carbocycles. The van der Waals surface area contributed by atoms with E-state index in [9.17, 15) is 15.0 Å². The van der Waals surface area contributed by atoms with Gasteiger partial charge in [0, 0.05) is 6.54 Å². The van der Waals surface area contributed by atoms with E-state index in [1.807, 2.05) is 30.3 Å². The zero-order valence-electron chi connectivity index (χ0n) is 10.8. The van der Waals surface area contributed by atoms with Crippen molar-refractivity contribution in [3.63, 3.8) is 0 Å². The minimum absolute atomic E-state index is 0.198. The molecule has 0 unspecified atom stereocenters. The smallest absolute Gasteiger partial charge is 0.410 e. The molecule has 0 aromatic heterocycles. The summed E-state index contributed by atoms with van der Waals surface area (Å²) in [6.07, 6.45) is 0.881. The predicted octanol–water partition coefficient (Wildman–Crippen LogP) is 1.14. The number of nitrogens with zero attached hydrogens (tertiary/aromatic N) is 1. The fourth-order valence-corrected chi connectivity index (χ4v) is 2.40. The number of carbonyl (C=O) groups is 1. The van der Waals surface area contributed by atoms with Gasteiger partial charge in [-0.25, -0.2) is 4.79 Å². The third-order valence-corrected chi connectivity index (χ3v) is 3.61. The van der Waals surface area contributed by atoms with E-state index in [4.69, 9.17) is 4.74 Å². The maximum absolute atomic E-state index is 12.0. The SMILES string of the molecule is O=C(OCc1ccccc1)N1CCCC1(CO)CO. The Bertz CT molecular complexity index is 417. The molecule has 1 fully saturated rings. The molecule has 2 rings (SSSR count). The zero-order valence-corrected chi connectivity index (χ0v) is 10.8. The molecule has 0 aliphatic carbocycles. The molecule has 0 radical (unpaired) electrons. The second-order valence-electron chi connectivity index (χ2n) is 4.84. The van der Waals surface area contributed by atoms with Crippen LogP contribution in [0.15, 0.2) is 30.3 Å². The number of likely N-dealkylation sites (tertiary alicyclic amines) is 1. The second kappa shape index (κ2) is 6.04. The van der Waals surface area contributed by atoms with Crippen molar-refractivity contribution in [2.75, 3.05) is 19.8 Å². The number of rotatable bonds is 4. The van der Waals surface area contributed by atoms with Gasteiger partial charge in [0.2, 0.25) is 0 Å². The molecule has 0 atom stereocenters. The normalized spacial score (nSPS) is 17.5. The molecule has 0 bridgehead atoms. The van der Waals surface area contributed by atoms with Crippen molar-refractivity contribution in [3.8, 4) is 0 Å². The van der Waals surface area contributed by atoms with Crippen molar-refractivity contribution in [1.29, 1.82) is 0 Å². The van der Waals surface area contributed by atoms with Crippen LogP contribution in [-0.2, 0) is 11.3 Å². The minimum atomic E-state index is -0.867. The summed E-state index contributed by atoms with van der Waals surface area (Å²) in [5.41, 5.74) is 0.0435. The second-order valence-corrected chi connectivity index (χ2v) is 4.84. The van der Waals surface area contributed by atoms with Gasteiger partial charge in [0.25, 0.3) is 0 Å². The summed E-state index contributed by atoms with van der Waals surface area (Å²) in [7, 11) is 0. The monoisotopic (exact) mass is 265 g/mol. The molecule has 5 nitrogen and oxygen atoms in total. The van der Waals surface area contributed by atoms with Crippen LogP contribution in [-0.4, -0.2) is 46.5 Å². The maximum atomic E-state index is 12.0. The van der Waals surface area contributed by atoms with Crippen LogP contribution < -0.4 is 0 Å². The van der Waals surface area contributed by atoms with Crippen LogP contribution in [0.5, 0.6) is 0 Å². The molecule has 1 aliphatic heterocycles. The first-order valence-electron chi connectivity index (χ1n) is 6.42. The van der Waals surface area contributed by atoms with Gasteiger partial charge < -0.3 is 14.9 Å². The van der Waals surface area contributed by atoms with Gasteiger partial charge in [0.15, 0.2) is 0 Å². The molecule has 104 valence electrons. The Morgan fingerprint density at radius 1 is 1.26 bits per heavy atom. The fraction of sp³-hybridized carbons (Fsp3) is 0.500. The van der Waals surface area contributed by atoms with Gasteiger partial charge in [-0.3, -0.25) is 4.90 Å². The highest BCUT2D eigenvalue weighted by Gasteiger charge is 2.43. The average Bonchev–Trinajstić information content (AvgIpc) is 2.90. The third-order valence-electron chi connectivity index (χ3n) is 3.61. The lowest BCUT2D eigenvalue weighted by molar-refractivity contribution is 0.00652. The van der Waals surface area contributed by atoms with Crippen molar-refractivity contribution < 1.29 is 19.7 Å². The summed E-state index contributed by atoms with van der Waals surface area (Å²) >= 11 is 0. The van der Waals surface area contributed by atoms with Gasteiger partial charge in [-0.05, 0) is 18.4 Å². The molecule has 1 saturated heterocycles. The predicted molar refractivity (Wildman–Crippen MR) is 69.5 cm³/mol. The van der Waals surface area contributed by atoms with E-state index in [2.05, 4.69) is 0 Å². The van der Waals surface area contributed by atoms with Gasteiger partial charge >= 0.3 is 6.09 Å². The number of ether oxygens (including phenoxy) is 1. The first kappa shape index (κ1) is 13.8. The summed E-state index contributed by atoms with van der Waals surface area (Å²) in [5, 5.41) is 18.8. The van der Waals surface area contributed by atoms with Crippen molar-refractivity contribution >= 4 is 6.09 Å². The summed E-state index contributed by atoms with van der Waals surface area (Å²) in [4.78, 5) is 13.5. The highest BCUT2D eigenvalue weighted by atomic mass is 16.6. The summed E-state index contributed by atoms with van der Waals surface area (Å²) in [6, 6.07) is 9.41. The Morgan fingerprint density at radius 2 is 1.95 bits per heavy atom. The van der Waals surface area contributed by atoms with Crippen LogP contribution in [0.1, 0.15) is 18.4 Å². The van der Waals surface area contributed by atoms with Crippen LogP contribution in [0.3, 0.4) is 0 Å². The van der Waals surface area contributed by atoms with Gasteiger partial charge in [0.05, 0.1) is 18.8 Å². The van der Waals surface area contributed by atoms with E-state index in [1.165, 1.54) is 4.90 Å². The fourth-order valence-electron chi connectivity index (χ4n) is 2.40. The standard InChI is InChI=1S/C14H19NO4/c16-10-14(11-17)7-4-8-15(14)13(18)19-9-12-5-2-1-3-6-12/h1-3,5-6,16-17H,4,7-11H2. The third kappa shape index (κ3) is 2.88. The molecule has 0 spiro atoms. The van der Waals surface area contributed by atoms with E-state index in [-0.39, 0.29) is 19.8 Å². The van der Waals surface area contributed by atoms with Gasteiger partial charge in [0.1, 0.15) is 6.61 Å². The summed E-state index contributed by atoms with van der Waals surface area (Å²) < 4.78 is 5.24. The van der Waals surface area contributed by atoms with Crippen molar-refractivity contribution in [1.82, 2.24) is 4.90 Å². The first-order chi connectivity index (χ1) is 9.22. The Balaban J connectivity index is 1.96. The van der Waals surface area contributed by atoms with Gasteiger partial charge in [-0.2, -0.15) is 0 Å². The van der Waals surface area contributed by atoms with E-state index in [1.54, 1.807) is 0 Å². The quantitative estimate of drug-likeness (QED) is 0.856. The van der Waals surface area contributed by atoms with Crippen LogP contribution in [0.2, 0.25) is 0 Å². The molecule has 1 heterocycles. The minimum Gasteiger partial charge on any atom is -0.445 e.